The second kappa shape index (κ2) is 6.44. The van der Waals surface area contributed by atoms with Crippen LogP contribution in [0, 0.1) is 0 Å². The van der Waals surface area contributed by atoms with Crippen LogP contribution in [0.2, 0.25) is 0 Å². The van der Waals surface area contributed by atoms with Gasteiger partial charge in [-0.1, -0.05) is 25.5 Å². The zero-order valence-corrected chi connectivity index (χ0v) is 13.0. The number of pyridine rings is 1. The van der Waals surface area contributed by atoms with Gasteiger partial charge in [-0.25, -0.2) is 4.98 Å². The molecule has 0 unspecified atom stereocenters. The Morgan fingerprint density at radius 3 is 3.00 bits per heavy atom. The molecule has 0 amide bonds. The maximum atomic E-state index is 5.50. The molecule has 21 heavy (non-hydrogen) atoms. The summed E-state index contributed by atoms with van der Waals surface area (Å²) < 4.78 is 5.50. The quantitative estimate of drug-likeness (QED) is 0.823. The van der Waals surface area contributed by atoms with Gasteiger partial charge in [0.15, 0.2) is 0 Å². The summed E-state index contributed by atoms with van der Waals surface area (Å²) in [7, 11) is 1.73. The summed E-state index contributed by atoms with van der Waals surface area (Å²) in [4.78, 5) is 4.88. The van der Waals surface area contributed by atoms with Crippen molar-refractivity contribution in [3.05, 3.63) is 35.0 Å². The van der Waals surface area contributed by atoms with Crippen LogP contribution in [-0.4, -0.2) is 18.6 Å². The number of hydrogen-bond donors (Lipinski definition) is 1. The highest BCUT2D eigenvalue weighted by Crippen LogP contribution is 2.33. The molecule has 3 heteroatoms. The van der Waals surface area contributed by atoms with E-state index in [4.69, 9.17) is 9.72 Å². The van der Waals surface area contributed by atoms with Crippen molar-refractivity contribution >= 4 is 10.9 Å². The molecule has 1 heterocycles. The largest absolute Gasteiger partial charge is 0.494 e. The number of fused-ring (bicyclic) bond motifs is 2. The van der Waals surface area contributed by atoms with Crippen LogP contribution in [0.25, 0.3) is 10.9 Å². The molecule has 2 aromatic rings. The highest BCUT2D eigenvalue weighted by Gasteiger charge is 2.20. The van der Waals surface area contributed by atoms with Crippen molar-refractivity contribution in [1.82, 2.24) is 10.3 Å². The number of benzene rings is 1. The van der Waals surface area contributed by atoms with Gasteiger partial charge in [-0.2, -0.15) is 0 Å². The zero-order valence-electron chi connectivity index (χ0n) is 13.0. The Labute approximate surface area is 126 Å². The van der Waals surface area contributed by atoms with Crippen LogP contribution >= 0.6 is 0 Å². The first-order chi connectivity index (χ1) is 10.3. The molecular formula is C18H24N2O. The Balaban J connectivity index is 2.03. The highest BCUT2D eigenvalue weighted by molar-refractivity contribution is 5.88. The maximum absolute atomic E-state index is 5.50. The average molecular weight is 284 g/mol. The molecule has 112 valence electrons. The third kappa shape index (κ3) is 2.75. The second-order valence-corrected chi connectivity index (χ2v) is 5.76. The standard InChI is InChI=1S/C18H24N2O/c1-3-4-11-19-12-15-13-7-5-9-16(13)20-18-14(15)8-6-10-17(18)21-2/h6,8,10,19H,3-5,7,9,11-12H2,1-2H3. The van der Waals surface area contributed by atoms with Crippen molar-refractivity contribution < 1.29 is 4.74 Å². The van der Waals surface area contributed by atoms with E-state index in [2.05, 4.69) is 24.4 Å². The molecule has 0 atom stereocenters. The van der Waals surface area contributed by atoms with E-state index >= 15 is 0 Å². The minimum absolute atomic E-state index is 0.886. The Kier molecular flexibility index (Phi) is 4.39. The van der Waals surface area contributed by atoms with Crippen molar-refractivity contribution in [2.45, 2.75) is 45.6 Å². The van der Waals surface area contributed by atoms with E-state index in [0.717, 1.165) is 30.8 Å². The van der Waals surface area contributed by atoms with Crippen LogP contribution in [0.4, 0.5) is 0 Å². The predicted octanol–water partition coefficient (Wildman–Crippen LogP) is 3.62. The predicted molar refractivity (Wildman–Crippen MR) is 86.9 cm³/mol. The average Bonchev–Trinajstić information content (AvgIpc) is 2.98. The molecule has 0 bridgehead atoms. The molecule has 1 aromatic heterocycles. The molecule has 0 spiro atoms. The fraction of sp³-hybridized carbons (Fsp3) is 0.500. The third-order valence-corrected chi connectivity index (χ3v) is 4.35. The number of rotatable bonds is 6. The van der Waals surface area contributed by atoms with E-state index in [0.29, 0.717) is 0 Å². The summed E-state index contributed by atoms with van der Waals surface area (Å²) in [6, 6.07) is 6.25. The first-order valence-corrected chi connectivity index (χ1v) is 8.03. The number of nitrogens with zero attached hydrogens (tertiary/aromatic N) is 1. The van der Waals surface area contributed by atoms with Crippen LogP contribution in [-0.2, 0) is 19.4 Å². The molecule has 0 saturated heterocycles. The van der Waals surface area contributed by atoms with Gasteiger partial charge in [0.2, 0.25) is 0 Å². The van der Waals surface area contributed by atoms with Crippen LogP contribution in [0.3, 0.4) is 0 Å². The molecule has 1 aliphatic carbocycles. The molecule has 3 rings (SSSR count). The SMILES string of the molecule is CCCCNCc1c2c(nc3c(OC)cccc13)CCC2. The lowest BCUT2D eigenvalue weighted by Crippen LogP contribution is -2.16. The lowest BCUT2D eigenvalue weighted by molar-refractivity contribution is 0.419. The summed E-state index contributed by atoms with van der Waals surface area (Å²) in [6.07, 6.45) is 5.96. The van der Waals surface area contributed by atoms with Crippen molar-refractivity contribution in [3.8, 4) is 5.75 Å². The number of ether oxygens (including phenoxy) is 1. The van der Waals surface area contributed by atoms with Gasteiger partial charge in [0.05, 0.1) is 7.11 Å². The molecule has 0 fully saturated rings. The lowest BCUT2D eigenvalue weighted by atomic mass is 10.0. The molecule has 1 aromatic carbocycles. The van der Waals surface area contributed by atoms with Crippen LogP contribution < -0.4 is 10.1 Å². The van der Waals surface area contributed by atoms with Crippen LogP contribution in [0.15, 0.2) is 18.2 Å². The zero-order chi connectivity index (χ0) is 14.7. The van der Waals surface area contributed by atoms with Gasteiger partial charge in [0.25, 0.3) is 0 Å². The molecule has 3 nitrogen and oxygen atoms in total. The molecule has 1 aliphatic rings. The minimum atomic E-state index is 0.886. The fourth-order valence-corrected chi connectivity index (χ4v) is 3.24. The number of unbranched alkanes of at least 4 members (excludes halogenated alkanes) is 1. The smallest absolute Gasteiger partial charge is 0.145 e. The van der Waals surface area contributed by atoms with Gasteiger partial charge in [-0.3, -0.25) is 0 Å². The summed E-state index contributed by atoms with van der Waals surface area (Å²) in [5, 5.41) is 4.84. The Hall–Kier alpha value is -1.61. The maximum Gasteiger partial charge on any atom is 0.145 e. The molecule has 0 saturated carbocycles. The van der Waals surface area contributed by atoms with E-state index in [-0.39, 0.29) is 0 Å². The van der Waals surface area contributed by atoms with E-state index in [9.17, 15) is 0 Å². The molecule has 0 radical (unpaired) electrons. The van der Waals surface area contributed by atoms with Gasteiger partial charge in [-0.15, -0.1) is 0 Å². The summed E-state index contributed by atoms with van der Waals surface area (Å²) in [5.41, 5.74) is 5.20. The topological polar surface area (TPSA) is 34.2 Å². The third-order valence-electron chi connectivity index (χ3n) is 4.35. The van der Waals surface area contributed by atoms with Crippen LogP contribution in [0.5, 0.6) is 5.75 Å². The van der Waals surface area contributed by atoms with Gasteiger partial charge in [-0.05, 0) is 49.4 Å². The molecule has 1 N–H and O–H groups in total. The lowest BCUT2D eigenvalue weighted by Gasteiger charge is -2.15. The summed E-state index contributed by atoms with van der Waals surface area (Å²) >= 11 is 0. The summed E-state index contributed by atoms with van der Waals surface area (Å²) in [6.45, 7) is 4.25. The van der Waals surface area contributed by atoms with E-state index in [1.165, 1.54) is 47.9 Å². The van der Waals surface area contributed by atoms with Gasteiger partial charge >= 0.3 is 0 Å². The number of para-hydroxylation sites is 1. The van der Waals surface area contributed by atoms with Crippen molar-refractivity contribution in [2.75, 3.05) is 13.7 Å². The van der Waals surface area contributed by atoms with Crippen molar-refractivity contribution in [2.24, 2.45) is 0 Å². The normalized spacial score (nSPS) is 13.6. The van der Waals surface area contributed by atoms with E-state index in [1.807, 2.05) is 6.07 Å². The fourth-order valence-electron chi connectivity index (χ4n) is 3.24. The summed E-state index contributed by atoms with van der Waals surface area (Å²) in [5.74, 6) is 0.886. The highest BCUT2D eigenvalue weighted by atomic mass is 16.5. The van der Waals surface area contributed by atoms with Crippen LogP contribution in [0.1, 0.15) is 43.0 Å². The Morgan fingerprint density at radius 2 is 2.19 bits per heavy atom. The Bertz CT molecular complexity index is 637. The first-order valence-electron chi connectivity index (χ1n) is 8.03. The second-order valence-electron chi connectivity index (χ2n) is 5.76. The van der Waals surface area contributed by atoms with Gasteiger partial charge in [0.1, 0.15) is 11.3 Å². The van der Waals surface area contributed by atoms with Crippen molar-refractivity contribution in [1.29, 1.82) is 0 Å². The number of hydrogen-bond acceptors (Lipinski definition) is 3. The number of methoxy groups -OCH3 is 1. The van der Waals surface area contributed by atoms with E-state index in [1.54, 1.807) is 7.11 Å². The van der Waals surface area contributed by atoms with Gasteiger partial charge in [0, 0.05) is 17.6 Å². The Morgan fingerprint density at radius 1 is 1.29 bits per heavy atom. The van der Waals surface area contributed by atoms with Crippen molar-refractivity contribution in [3.63, 3.8) is 0 Å². The number of nitrogens with one attached hydrogen (secondary N) is 1. The van der Waals surface area contributed by atoms with E-state index < -0.39 is 0 Å². The number of aromatic nitrogens is 1. The first kappa shape index (κ1) is 14.3. The monoisotopic (exact) mass is 284 g/mol. The molecule has 0 aliphatic heterocycles. The van der Waals surface area contributed by atoms with Gasteiger partial charge < -0.3 is 10.1 Å². The number of aryl methyl sites for hydroxylation is 1. The molecular weight excluding hydrogens is 260 g/mol. The minimum Gasteiger partial charge on any atom is -0.494 e.